The molecule has 2 aromatic carbocycles. The molecular formula is C29H21BrN4O3S2. The molecule has 1 aliphatic rings. The highest BCUT2D eigenvalue weighted by Gasteiger charge is 2.33. The molecule has 10 heteroatoms. The zero-order chi connectivity index (χ0) is 27.1. The number of thiophene rings is 1. The lowest BCUT2D eigenvalue weighted by Gasteiger charge is -2.22. The van der Waals surface area contributed by atoms with Crippen LogP contribution in [0.25, 0.3) is 23.0 Å². The standard InChI is InChI=1S/C29H21BrN4O3S2/c1-17-24(28(36)37-2)26(22-9-6-14-38-22)34-27(35)23(39-29(34)31-17)15-19-16-33(21-7-4-3-5-8-21)32-25(19)18-10-12-20(30)13-11-18/h3-16,26H,1-2H3/b23-15+/t26-/m0/s1. The molecule has 39 heavy (non-hydrogen) atoms. The summed E-state index contributed by atoms with van der Waals surface area (Å²) in [5.41, 5.74) is 4.06. The molecule has 0 amide bonds. The number of benzene rings is 2. The van der Waals surface area contributed by atoms with Crippen molar-refractivity contribution >= 4 is 50.6 Å². The molecule has 6 rings (SSSR count). The van der Waals surface area contributed by atoms with Crippen molar-refractivity contribution in [2.24, 2.45) is 4.99 Å². The lowest BCUT2D eigenvalue weighted by Crippen LogP contribution is -2.39. The first-order valence-electron chi connectivity index (χ1n) is 12.0. The summed E-state index contributed by atoms with van der Waals surface area (Å²) in [6, 6.07) is 21.0. The van der Waals surface area contributed by atoms with Crippen molar-refractivity contribution in [3.63, 3.8) is 0 Å². The van der Waals surface area contributed by atoms with E-state index in [1.54, 1.807) is 11.5 Å². The van der Waals surface area contributed by atoms with Gasteiger partial charge in [-0.3, -0.25) is 9.36 Å². The van der Waals surface area contributed by atoms with Gasteiger partial charge in [0.25, 0.3) is 5.56 Å². The van der Waals surface area contributed by atoms with Gasteiger partial charge < -0.3 is 4.74 Å². The Kier molecular flexibility index (Phi) is 6.76. The number of nitrogens with zero attached hydrogens (tertiary/aromatic N) is 4. The first-order valence-corrected chi connectivity index (χ1v) is 14.5. The highest BCUT2D eigenvalue weighted by molar-refractivity contribution is 9.10. The van der Waals surface area contributed by atoms with Crippen LogP contribution in [0.3, 0.4) is 0 Å². The van der Waals surface area contributed by atoms with E-state index in [0.29, 0.717) is 20.6 Å². The van der Waals surface area contributed by atoms with Gasteiger partial charge >= 0.3 is 5.97 Å². The number of ether oxygens (including phenoxy) is 1. The molecule has 3 aromatic heterocycles. The summed E-state index contributed by atoms with van der Waals surface area (Å²) in [6.07, 6.45) is 3.78. The van der Waals surface area contributed by atoms with E-state index in [2.05, 4.69) is 20.9 Å². The molecule has 1 atom stereocenters. The van der Waals surface area contributed by atoms with Crippen molar-refractivity contribution < 1.29 is 9.53 Å². The molecule has 194 valence electrons. The minimum absolute atomic E-state index is 0.222. The van der Waals surface area contributed by atoms with Gasteiger partial charge in [-0.25, -0.2) is 14.5 Å². The molecule has 0 aliphatic carbocycles. The minimum Gasteiger partial charge on any atom is -0.466 e. The number of para-hydroxylation sites is 1. The number of esters is 1. The second-order valence-electron chi connectivity index (χ2n) is 8.81. The Balaban J connectivity index is 1.56. The van der Waals surface area contributed by atoms with E-state index < -0.39 is 12.0 Å². The maximum absolute atomic E-state index is 13.9. The average Bonchev–Trinajstić information content (AvgIpc) is 3.69. The van der Waals surface area contributed by atoms with Gasteiger partial charge in [-0.1, -0.05) is 63.7 Å². The fourth-order valence-corrected chi connectivity index (χ4v) is 6.71. The van der Waals surface area contributed by atoms with Crippen LogP contribution < -0.4 is 14.9 Å². The molecule has 0 fully saturated rings. The summed E-state index contributed by atoms with van der Waals surface area (Å²) in [7, 11) is 1.34. The fraction of sp³-hybridized carbons (Fsp3) is 0.103. The van der Waals surface area contributed by atoms with Crippen LogP contribution in [-0.2, 0) is 9.53 Å². The van der Waals surface area contributed by atoms with Crippen LogP contribution in [-0.4, -0.2) is 27.4 Å². The van der Waals surface area contributed by atoms with E-state index in [9.17, 15) is 9.59 Å². The number of carbonyl (C=O) groups excluding carboxylic acids is 1. The van der Waals surface area contributed by atoms with Gasteiger partial charge in [0.15, 0.2) is 4.80 Å². The predicted octanol–water partition coefficient (Wildman–Crippen LogP) is 5.08. The van der Waals surface area contributed by atoms with Gasteiger partial charge in [0.2, 0.25) is 0 Å². The minimum atomic E-state index is -0.603. The van der Waals surface area contributed by atoms with Gasteiger partial charge in [-0.05, 0) is 48.7 Å². The van der Waals surface area contributed by atoms with Crippen molar-refractivity contribution in [1.82, 2.24) is 14.3 Å². The molecule has 0 N–H and O–H groups in total. The third-order valence-electron chi connectivity index (χ3n) is 6.41. The zero-order valence-corrected chi connectivity index (χ0v) is 24.1. The number of thiazole rings is 1. The number of methoxy groups -OCH3 is 1. The number of fused-ring (bicyclic) bond motifs is 1. The highest BCUT2D eigenvalue weighted by Crippen LogP contribution is 2.33. The number of rotatable bonds is 5. The maximum atomic E-state index is 13.9. The largest absolute Gasteiger partial charge is 0.466 e. The van der Waals surface area contributed by atoms with Crippen molar-refractivity contribution in [3.05, 3.63) is 124 Å². The molecule has 4 heterocycles. The van der Waals surface area contributed by atoms with Crippen molar-refractivity contribution in [3.8, 4) is 16.9 Å². The fourth-order valence-electron chi connectivity index (χ4n) is 4.59. The van der Waals surface area contributed by atoms with E-state index in [-0.39, 0.29) is 5.56 Å². The topological polar surface area (TPSA) is 78.5 Å². The molecular weight excluding hydrogens is 596 g/mol. The van der Waals surface area contributed by atoms with Gasteiger partial charge in [0.1, 0.15) is 6.04 Å². The third-order valence-corrected chi connectivity index (χ3v) is 8.84. The van der Waals surface area contributed by atoms with E-state index >= 15 is 0 Å². The SMILES string of the molecule is COC(=O)C1=C(C)N=c2s/c(=C/c3cn(-c4ccccc4)nc3-c3ccc(Br)cc3)c(=O)n2[C@H]1c1cccs1. The Morgan fingerprint density at radius 2 is 1.85 bits per heavy atom. The normalized spacial score (nSPS) is 15.3. The first kappa shape index (κ1) is 25.4. The smallest absolute Gasteiger partial charge is 0.338 e. The highest BCUT2D eigenvalue weighted by atomic mass is 79.9. The predicted molar refractivity (Wildman–Crippen MR) is 157 cm³/mol. The Labute approximate surface area is 239 Å². The molecule has 1 aliphatic heterocycles. The van der Waals surface area contributed by atoms with Gasteiger partial charge in [0, 0.05) is 26.7 Å². The lowest BCUT2D eigenvalue weighted by atomic mass is 10.0. The molecule has 0 unspecified atom stereocenters. The maximum Gasteiger partial charge on any atom is 0.338 e. The number of hydrogen-bond donors (Lipinski definition) is 0. The first-order chi connectivity index (χ1) is 18.9. The molecule has 0 spiro atoms. The van der Waals surface area contributed by atoms with Crippen LogP contribution in [0.5, 0.6) is 0 Å². The van der Waals surface area contributed by atoms with Crippen molar-refractivity contribution in [2.75, 3.05) is 7.11 Å². The molecule has 0 saturated heterocycles. The van der Waals surface area contributed by atoms with Crippen LogP contribution in [0.2, 0.25) is 0 Å². The summed E-state index contributed by atoms with van der Waals surface area (Å²) in [6.45, 7) is 1.78. The van der Waals surface area contributed by atoms with Crippen LogP contribution in [0.1, 0.15) is 23.4 Å². The second-order valence-corrected chi connectivity index (χ2v) is 11.7. The summed E-state index contributed by atoms with van der Waals surface area (Å²) < 4.78 is 9.96. The van der Waals surface area contributed by atoms with E-state index in [4.69, 9.17) is 9.84 Å². The number of halogens is 1. The number of carbonyl (C=O) groups is 1. The summed E-state index contributed by atoms with van der Waals surface area (Å²) >= 11 is 6.28. The van der Waals surface area contributed by atoms with Crippen LogP contribution in [0, 0.1) is 0 Å². The molecule has 5 aromatic rings. The Morgan fingerprint density at radius 3 is 2.54 bits per heavy atom. The van der Waals surface area contributed by atoms with Crippen LogP contribution in [0.4, 0.5) is 0 Å². The summed E-state index contributed by atoms with van der Waals surface area (Å²) in [5.74, 6) is -0.495. The monoisotopic (exact) mass is 616 g/mol. The number of hydrogen-bond acceptors (Lipinski definition) is 7. The Morgan fingerprint density at radius 1 is 1.08 bits per heavy atom. The van der Waals surface area contributed by atoms with Crippen LogP contribution in [0.15, 0.2) is 104 Å². The number of allylic oxidation sites excluding steroid dienone is 1. The Bertz CT molecular complexity index is 1900. The molecule has 0 saturated carbocycles. The Hall–Kier alpha value is -3.86. The average molecular weight is 618 g/mol. The zero-order valence-electron chi connectivity index (χ0n) is 20.9. The van der Waals surface area contributed by atoms with Crippen molar-refractivity contribution in [1.29, 1.82) is 0 Å². The third kappa shape index (κ3) is 4.64. The van der Waals surface area contributed by atoms with Gasteiger partial charge in [0.05, 0.1) is 34.3 Å². The number of aromatic nitrogens is 3. The molecule has 0 bridgehead atoms. The molecule has 7 nitrogen and oxygen atoms in total. The summed E-state index contributed by atoms with van der Waals surface area (Å²) in [4.78, 5) is 32.8. The molecule has 0 radical (unpaired) electrons. The van der Waals surface area contributed by atoms with Gasteiger partial charge in [-0.15, -0.1) is 11.3 Å². The van der Waals surface area contributed by atoms with E-state index in [0.717, 1.165) is 31.9 Å². The lowest BCUT2D eigenvalue weighted by molar-refractivity contribution is -0.136. The van der Waals surface area contributed by atoms with Gasteiger partial charge in [-0.2, -0.15) is 5.10 Å². The van der Waals surface area contributed by atoms with Crippen LogP contribution >= 0.6 is 38.6 Å². The van der Waals surface area contributed by atoms with E-state index in [1.165, 1.54) is 29.8 Å². The van der Waals surface area contributed by atoms with Crippen molar-refractivity contribution in [2.45, 2.75) is 13.0 Å². The quantitative estimate of drug-likeness (QED) is 0.258. The second kappa shape index (κ2) is 10.4. The summed E-state index contributed by atoms with van der Waals surface area (Å²) in [5, 5.41) is 6.81. The van der Waals surface area contributed by atoms with E-state index in [1.807, 2.05) is 89.1 Å².